The topological polar surface area (TPSA) is 9.23 Å². The Morgan fingerprint density at radius 2 is 1.50 bits per heavy atom. The molecule has 0 aliphatic rings. The number of rotatable bonds is 1. The Labute approximate surface area is 45.3 Å². The van der Waals surface area contributed by atoms with Crippen LogP contribution in [0.2, 0.25) is 0 Å². The van der Waals surface area contributed by atoms with E-state index in [1.54, 1.807) is 0 Å². The maximum atomic E-state index is 5.01. The largest absolute Gasteiger partial charge is 0.230 e. The minimum absolute atomic E-state index is 0.897. The van der Waals surface area contributed by atoms with Gasteiger partial charge in [-0.1, -0.05) is 0 Å². The van der Waals surface area contributed by atoms with Gasteiger partial charge in [0, 0.05) is 0 Å². The Bertz CT molecular complexity index is 40.5. The zero-order valence-electron chi connectivity index (χ0n) is 4.19. The van der Waals surface area contributed by atoms with Crippen molar-refractivity contribution in [3.05, 3.63) is 0 Å². The fourth-order valence-corrected chi connectivity index (χ4v) is 0. The summed E-state index contributed by atoms with van der Waals surface area (Å²) in [5.41, 5.74) is 0. The molecule has 0 aliphatic heterocycles. The summed E-state index contributed by atoms with van der Waals surface area (Å²) >= 11 is 5.01. The molecule has 0 aliphatic carbocycles. The summed E-state index contributed by atoms with van der Waals surface area (Å²) in [5, 5.41) is 0. The normalized spacial score (nSPS) is 14.7. The van der Waals surface area contributed by atoms with E-state index < -0.39 is 10.3 Å². The van der Waals surface area contributed by atoms with Gasteiger partial charge in [-0.15, -0.1) is 10.3 Å². The van der Waals surface area contributed by atoms with Crippen LogP contribution in [0.25, 0.3) is 0 Å². The fourth-order valence-electron chi connectivity index (χ4n) is 0. The van der Waals surface area contributed by atoms with E-state index in [9.17, 15) is 0 Å². The van der Waals surface area contributed by atoms with E-state index in [0.717, 1.165) is 0 Å². The Kier molecular flexibility index (Phi) is 2.26. The molecule has 40 valence electrons. The molecule has 0 bridgehead atoms. The zero-order valence-corrected chi connectivity index (χ0v) is 5.77. The highest BCUT2D eigenvalue weighted by molar-refractivity contribution is 8.28. The molecule has 0 aromatic heterocycles. The van der Waals surface area contributed by atoms with Gasteiger partial charge in [-0.05, 0) is 18.8 Å². The van der Waals surface area contributed by atoms with E-state index >= 15 is 0 Å². The fraction of sp³-hybridized carbons (Fsp3) is 1.00. The smallest absolute Gasteiger partial charge is 0.0736 e. The van der Waals surface area contributed by atoms with Crippen LogP contribution in [-0.4, -0.2) is 18.8 Å². The van der Waals surface area contributed by atoms with Crippen molar-refractivity contribution in [3.8, 4) is 0 Å². The second-order valence-electron chi connectivity index (χ2n) is 1.79. The van der Waals surface area contributed by atoms with Crippen molar-refractivity contribution in [1.82, 2.24) is 0 Å². The Hall–Kier alpha value is 0.600. The first-order valence-electron chi connectivity index (χ1n) is 1.55. The molecular formula is C3H9ClOS. The van der Waals surface area contributed by atoms with E-state index in [1.165, 1.54) is 0 Å². The van der Waals surface area contributed by atoms with Gasteiger partial charge in [0.1, 0.15) is 0 Å². The van der Waals surface area contributed by atoms with Gasteiger partial charge in [0.05, 0.1) is 11.9 Å². The molecule has 6 heavy (non-hydrogen) atoms. The third-order valence-electron chi connectivity index (χ3n) is 0.189. The van der Waals surface area contributed by atoms with Gasteiger partial charge in [-0.3, -0.25) is 0 Å². The summed E-state index contributed by atoms with van der Waals surface area (Å²) in [6, 6.07) is 0. The summed E-state index contributed by atoms with van der Waals surface area (Å²) in [5.74, 6) is 0. The van der Waals surface area contributed by atoms with Crippen LogP contribution in [0.15, 0.2) is 0 Å². The summed E-state index contributed by atoms with van der Waals surface area (Å²) in [6.07, 6.45) is 5.92. The highest BCUT2D eigenvalue weighted by Gasteiger charge is 1.98. The molecule has 0 atom stereocenters. The highest BCUT2D eigenvalue weighted by Crippen LogP contribution is 2.36. The molecule has 0 aromatic carbocycles. The Morgan fingerprint density at radius 3 is 1.50 bits per heavy atom. The Balaban J connectivity index is 3.17. The van der Waals surface area contributed by atoms with Crippen LogP contribution < -0.4 is 0 Å². The van der Waals surface area contributed by atoms with Gasteiger partial charge in [0.2, 0.25) is 0 Å². The van der Waals surface area contributed by atoms with Gasteiger partial charge in [0.15, 0.2) is 0 Å². The van der Waals surface area contributed by atoms with Crippen LogP contribution in [0.1, 0.15) is 0 Å². The molecule has 0 amide bonds. The van der Waals surface area contributed by atoms with E-state index in [0.29, 0.717) is 0 Å². The predicted octanol–water partition coefficient (Wildman–Crippen LogP) is 1.77. The highest BCUT2D eigenvalue weighted by atomic mass is 35.5. The molecule has 0 saturated carbocycles. The molecule has 0 unspecified atom stereocenters. The molecule has 0 aromatic rings. The standard InChI is InChI=1S/C3H9ClOS/c1-6(2,3)5-4/h1-3H3. The van der Waals surface area contributed by atoms with Crippen LogP contribution in [0.5, 0.6) is 0 Å². The van der Waals surface area contributed by atoms with Gasteiger partial charge < -0.3 is 0 Å². The lowest BCUT2D eigenvalue weighted by molar-refractivity contribution is 0.707. The summed E-state index contributed by atoms with van der Waals surface area (Å²) in [7, 11) is -0.897. The second-order valence-corrected chi connectivity index (χ2v) is 5.74. The average molecular weight is 129 g/mol. The second kappa shape index (κ2) is 2.05. The minimum Gasteiger partial charge on any atom is -0.230 e. The molecule has 1 nitrogen and oxygen atoms in total. The van der Waals surface area contributed by atoms with Crippen molar-refractivity contribution in [2.75, 3.05) is 18.8 Å². The quantitative estimate of drug-likeness (QED) is 0.523. The van der Waals surface area contributed by atoms with Crippen LogP contribution >= 0.6 is 22.2 Å². The molecule has 3 heteroatoms. The third-order valence-corrected chi connectivity index (χ3v) is 1.70. The number of halogens is 1. The van der Waals surface area contributed by atoms with Crippen LogP contribution in [0, 0.1) is 0 Å². The van der Waals surface area contributed by atoms with Crippen molar-refractivity contribution in [2.24, 2.45) is 0 Å². The summed E-state index contributed by atoms with van der Waals surface area (Å²) in [4.78, 5) is 0. The summed E-state index contributed by atoms with van der Waals surface area (Å²) in [6.45, 7) is 0. The van der Waals surface area contributed by atoms with Gasteiger partial charge in [0.25, 0.3) is 0 Å². The van der Waals surface area contributed by atoms with E-state index in [-0.39, 0.29) is 0 Å². The van der Waals surface area contributed by atoms with Crippen molar-refractivity contribution in [1.29, 1.82) is 0 Å². The maximum Gasteiger partial charge on any atom is 0.0736 e. The monoisotopic (exact) mass is 128 g/mol. The lowest BCUT2D eigenvalue weighted by Crippen LogP contribution is -1.86. The molecule has 0 radical (unpaired) electrons. The van der Waals surface area contributed by atoms with Crippen molar-refractivity contribution in [2.45, 2.75) is 0 Å². The molecule has 0 saturated heterocycles. The average Bonchev–Trinajstić information content (AvgIpc) is 1.35. The lowest BCUT2D eigenvalue weighted by atomic mass is 11.9. The molecule has 0 rings (SSSR count). The first-order chi connectivity index (χ1) is 2.56. The molecule has 0 heterocycles. The zero-order chi connectivity index (χ0) is 5.21. The van der Waals surface area contributed by atoms with Crippen LogP contribution in [0.3, 0.4) is 0 Å². The molecular weight excluding hydrogens is 120 g/mol. The van der Waals surface area contributed by atoms with Crippen LogP contribution in [-0.2, 0) is 3.74 Å². The van der Waals surface area contributed by atoms with Gasteiger partial charge >= 0.3 is 0 Å². The van der Waals surface area contributed by atoms with E-state index in [2.05, 4.69) is 3.74 Å². The summed E-state index contributed by atoms with van der Waals surface area (Å²) < 4.78 is 4.49. The first-order valence-corrected chi connectivity index (χ1v) is 4.64. The van der Waals surface area contributed by atoms with Gasteiger partial charge in [-0.2, -0.15) is 0 Å². The Morgan fingerprint density at radius 1 is 1.33 bits per heavy atom. The molecule has 0 spiro atoms. The first kappa shape index (κ1) is 6.60. The number of hydrogen-bond acceptors (Lipinski definition) is 1. The maximum absolute atomic E-state index is 5.01. The van der Waals surface area contributed by atoms with Crippen molar-refractivity contribution in [3.63, 3.8) is 0 Å². The predicted molar refractivity (Wildman–Crippen MR) is 32.3 cm³/mol. The molecule has 0 fully saturated rings. The van der Waals surface area contributed by atoms with E-state index in [1.807, 2.05) is 18.8 Å². The van der Waals surface area contributed by atoms with Crippen molar-refractivity contribution >= 4 is 22.2 Å². The van der Waals surface area contributed by atoms with Gasteiger partial charge in [-0.25, -0.2) is 3.74 Å². The number of hydrogen-bond donors (Lipinski definition) is 0. The minimum atomic E-state index is -0.897. The molecule has 0 N–H and O–H groups in total. The lowest BCUT2D eigenvalue weighted by Gasteiger charge is -2.17. The van der Waals surface area contributed by atoms with Crippen molar-refractivity contribution < 1.29 is 3.74 Å². The van der Waals surface area contributed by atoms with E-state index in [4.69, 9.17) is 11.9 Å². The van der Waals surface area contributed by atoms with Crippen LogP contribution in [0.4, 0.5) is 0 Å². The third kappa shape index (κ3) is 4.60. The SMILES string of the molecule is CS(C)(C)OCl.